The number of rotatable bonds is 5. The second-order valence-corrected chi connectivity index (χ2v) is 5.58. The molecule has 1 aliphatic rings. The number of carbonyl (C=O) groups excluding carboxylic acids is 1. The summed E-state index contributed by atoms with van der Waals surface area (Å²) in [6.07, 6.45) is 3.36. The van der Waals surface area contributed by atoms with Crippen molar-refractivity contribution < 1.29 is 9.53 Å². The Morgan fingerprint density at radius 2 is 2.39 bits per heavy atom. The van der Waals surface area contributed by atoms with Crippen LogP contribution in [-0.4, -0.2) is 25.5 Å². The van der Waals surface area contributed by atoms with Gasteiger partial charge in [0.25, 0.3) is 0 Å². The van der Waals surface area contributed by atoms with Gasteiger partial charge in [0, 0.05) is 28.9 Å². The number of nitrogens with one attached hydrogen (secondary N) is 1. The second-order valence-electron chi connectivity index (χ2n) is 4.67. The fraction of sp³-hybridized carbons (Fsp3) is 0.500. The van der Waals surface area contributed by atoms with Gasteiger partial charge in [-0.2, -0.15) is 0 Å². The highest BCUT2D eigenvalue weighted by Gasteiger charge is 2.18. The van der Waals surface area contributed by atoms with Crippen molar-refractivity contribution in [3.05, 3.63) is 28.2 Å². The van der Waals surface area contributed by atoms with E-state index in [2.05, 4.69) is 21.2 Å². The fourth-order valence-corrected chi connectivity index (χ4v) is 2.78. The summed E-state index contributed by atoms with van der Waals surface area (Å²) in [5.74, 6) is 1.05. The smallest absolute Gasteiger partial charge is 0.138 e. The number of hydrogen-bond acceptors (Lipinski definition) is 3. The number of benzene rings is 1. The number of carbonyl (C=O) groups is 1. The molecule has 4 heteroatoms. The number of halogens is 1. The molecule has 0 aliphatic carbocycles. The lowest BCUT2D eigenvalue weighted by Gasteiger charge is -2.11. The van der Waals surface area contributed by atoms with Crippen molar-refractivity contribution in [2.75, 3.05) is 13.7 Å². The van der Waals surface area contributed by atoms with Crippen LogP contribution in [0.3, 0.4) is 0 Å². The zero-order valence-corrected chi connectivity index (χ0v) is 12.1. The first-order valence-corrected chi connectivity index (χ1v) is 7.06. The third-order valence-electron chi connectivity index (χ3n) is 3.27. The number of hydrogen-bond donors (Lipinski definition) is 1. The summed E-state index contributed by atoms with van der Waals surface area (Å²) < 4.78 is 6.26. The highest BCUT2D eigenvalue weighted by atomic mass is 79.9. The van der Waals surface area contributed by atoms with E-state index in [1.165, 1.54) is 6.42 Å². The Morgan fingerprint density at radius 3 is 3.06 bits per heavy atom. The molecule has 0 radical (unpaired) electrons. The molecule has 1 saturated heterocycles. The Balaban J connectivity index is 1.99. The first kappa shape index (κ1) is 13.6. The van der Waals surface area contributed by atoms with Crippen molar-refractivity contribution in [2.45, 2.75) is 31.7 Å². The van der Waals surface area contributed by atoms with Crippen LogP contribution in [0, 0.1) is 0 Å². The molecule has 0 bridgehead atoms. The van der Waals surface area contributed by atoms with E-state index in [-0.39, 0.29) is 5.78 Å². The van der Waals surface area contributed by atoms with Gasteiger partial charge in [-0.3, -0.25) is 4.79 Å². The quantitative estimate of drug-likeness (QED) is 0.908. The van der Waals surface area contributed by atoms with E-state index in [0.29, 0.717) is 18.9 Å². The van der Waals surface area contributed by atoms with Gasteiger partial charge < -0.3 is 10.1 Å². The lowest BCUT2D eigenvalue weighted by Crippen LogP contribution is -2.25. The lowest BCUT2D eigenvalue weighted by molar-refractivity contribution is -0.118. The normalized spacial score (nSPS) is 18.9. The summed E-state index contributed by atoms with van der Waals surface area (Å²) in [7, 11) is 1.63. The van der Waals surface area contributed by atoms with Crippen LogP contribution in [0.25, 0.3) is 0 Å². The minimum Gasteiger partial charge on any atom is -0.496 e. The molecule has 1 N–H and O–H groups in total. The molecule has 1 aliphatic heterocycles. The number of ether oxygens (including phenoxy) is 1. The molecule has 2 rings (SSSR count). The van der Waals surface area contributed by atoms with Crippen molar-refractivity contribution >= 4 is 21.7 Å². The first-order valence-electron chi connectivity index (χ1n) is 6.26. The number of Topliss-reactive ketones (excluding diaryl/α,β-unsaturated/α-hetero) is 1. The molecule has 1 aromatic rings. The van der Waals surface area contributed by atoms with Gasteiger partial charge in [-0.15, -0.1) is 0 Å². The van der Waals surface area contributed by atoms with E-state index in [1.54, 1.807) is 7.11 Å². The highest BCUT2D eigenvalue weighted by molar-refractivity contribution is 9.10. The fourth-order valence-electron chi connectivity index (χ4n) is 2.38. The van der Waals surface area contributed by atoms with Crippen molar-refractivity contribution in [3.63, 3.8) is 0 Å². The zero-order valence-electron chi connectivity index (χ0n) is 10.5. The first-order chi connectivity index (χ1) is 8.69. The molecule has 1 fully saturated rings. The van der Waals surface area contributed by atoms with Gasteiger partial charge in [0.2, 0.25) is 0 Å². The summed E-state index contributed by atoms with van der Waals surface area (Å²) in [5.41, 5.74) is 0.954. The Morgan fingerprint density at radius 1 is 1.56 bits per heavy atom. The van der Waals surface area contributed by atoms with Crippen molar-refractivity contribution in [2.24, 2.45) is 0 Å². The van der Waals surface area contributed by atoms with Crippen molar-refractivity contribution in [3.8, 4) is 5.75 Å². The van der Waals surface area contributed by atoms with E-state index in [9.17, 15) is 4.79 Å². The van der Waals surface area contributed by atoms with Crippen LogP contribution < -0.4 is 10.1 Å². The van der Waals surface area contributed by atoms with E-state index >= 15 is 0 Å². The van der Waals surface area contributed by atoms with Gasteiger partial charge in [0.15, 0.2) is 0 Å². The predicted octanol–water partition coefficient (Wildman–Crippen LogP) is 2.71. The second kappa shape index (κ2) is 6.34. The minimum atomic E-state index is 0.269. The van der Waals surface area contributed by atoms with Crippen molar-refractivity contribution in [1.82, 2.24) is 5.32 Å². The van der Waals surface area contributed by atoms with Crippen LogP contribution in [0.15, 0.2) is 22.7 Å². The van der Waals surface area contributed by atoms with Crippen LogP contribution in [-0.2, 0) is 11.2 Å². The summed E-state index contributed by atoms with van der Waals surface area (Å²) in [5, 5.41) is 3.35. The molecule has 1 heterocycles. The molecule has 0 aromatic heterocycles. The van der Waals surface area contributed by atoms with Crippen LogP contribution in [0.2, 0.25) is 0 Å². The molecule has 3 nitrogen and oxygen atoms in total. The largest absolute Gasteiger partial charge is 0.496 e. The number of methoxy groups -OCH3 is 1. The molecule has 0 amide bonds. The Labute approximate surface area is 116 Å². The van der Waals surface area contributed by atoms with E-state index in [4.69, 9.17) is 4.74 Å². The third-order valence-corrected chi connectivity index (χ3v) is 3.76. The highest BCUT2D eigenvalue weighted by Crippen LogP contribution is 2.24. The maximum absolute atomic E-state index is 12.0. The topological polar surface area (TPSA) is 38.3 Å². The molecule has 1 unspecified atom stereocenters. The van der Waals surface area contributed by atoms with Crippen LogP contribution in [0.5, 0.6) is 5.75 Å². The lowest BCUT2D eigenvalue weighted by atomic mass is 10.0. The van der Waals surface area contributed by atoms with Crippen molar-refractivity contribution in [1.29, 1.82) is 0 Å². The molecule has 1 aromatic carbocycles. The molecular weight excluding hydrogens is 294 g/mol. The SMILES string of the molecule is COc1ccc(Br)cc1CC(=O)CC1CCCN1. The molecule has 98 valence electrons. The van der Waals surface area contributed by atoms with Gasteiger partial charge in [0.05, 0.1) is 7.11 Å². The minimum absolute atomic E-state index is 0.269. The zero-order chi connectivity index (χ0) is 13.0. The predicted molar refractivity (Wildman–Crippen MR) is 75.0 cm³/mol. The summed E-state index contributed by atoms with van der Waals surface area (Å²) in [6.45, 7) is 1.04. The van der Waals surface area contributed by atoms with Crippen LogP contribution in [0.1, 0.15) is 24.8 Å². The summed E-state index contributed by atoms with van der Waals surface area (Å²) in [6, 6.07) is 6.14. The standard InChI is InChI=1S/C14H18BrNO2/c1-18-14-5-4-11(15)7-10(14)8-13(17)9-12-3-2-6-16-12/h4-5,7,12,16H,2-3,6,8-9H2,1H3. The number of ketones is 1. The maximum Gasteiger partial charge on any atom is 0.138 e. The Bertz CT molecular complexity index is 428. The van der Waals surface area contributed by atoms with Gasteiger partial charge in [0.1, 0.15) is 11.5 Å². The molecule has 18 heavy (non-hydrogen) atoms. The van der Waals surface area contributed by atoms with E-state index < -0.39 is 0 Å². The summed E-state index contributed by atoms with van der Waals surface area (Å²) >= 11 is 3.42. The third kappa shape index (κ3) is 3.56. The average molecular weight is 312 g/mol. The van der Waals surface area contributed by atoms with Crippen LogP contribution in [0.4, 0.5) is 0 Å². The Hall–Kier alpha value is -0.870. The summed E-state index contributed by atoms with van der Waals surface area (Å²) in [4.78, 5) is 12.0. The Kier molecular flexibility index (Phi) is 4.78. The monoisotopic (exact) mass is 311 g/mol. The molecule has 0 saturated carbocycles. The average Bonchev–Trinajstić information content (AvgIpc) is 2.82. The van der Waals surface area contributed by atoms with Gasteiger partial charge in [-0.25, -0.2) is 0 Å². The maximum atomic E-state index is 12.0. The molecule has 1 atom stereocenters. The van der Waals surface area contributed by atoms with E-state index in [0.717, 1.165) is 28.8 Å². The van der Waals surface area contributed by atoms with E-state index in [1.807, 2.05) is 18.2 Å². The van der Waals surface area contributed by atoms with Gasteiger partial charge >= 0.3 is 0 Å². The molecule has 0 spiro atoms. The van der Waals surface area contributed by atoms with Crippen LogP contribution >= 0.6 is 15.9 Å². The molecular formula is C14H18BrNO2. The van der Waals surface area contributed by atoms with Gasteiger partial charge in [-0.05, 0) is 37.6 Å². The van der Waals surface area contributed by atoms with Gasteiger partial charge in [-0.1, -0.05) is 15.9 Å².